The van der Waals surface area contributed by atoms with Gasteiger partial charge in [-0.1, -0.05) is 23.9 Å². The number of nitrogens with zero attached hydrogens (tertiary/aromatic N) is 2. The average Bonchev–Trinajstić information content (AvgIpc) is 3.01. The number of thiophene rings is 1. The van der Waals surface area contributed by atoms with Gasteiger partial charge in [-0.15, -0.1) is 11.3 Å². The zero-order chi connectivity index (χ0) is 23.9. The molecule has 4 aromatic rings. The molecule has 33 heavy (non-hydrogen) atoms. The molecule has 170 valence electrons. The van der Waals surface area contributed by atoms with Gasteiger partial charge in [-0.3, -0.25) is 14.2 Å². The maximum Gasteiger partial charge on any atom is 0.267 e. The maximum absolute atomic E-state index is 13.6. The first-order valence-electron chi connectivity index (χ1n) is 10.8. The van der Waals surface area contributed by atoms with E-state index < -0.39 is 0 Å². The zero-order valence-corrected chi connectivity index (χ0v) is 21.3. The van der Waals surface area contributed by atoms with Crippen LogP contribution in [0.15, 0.2) is 46.3 Å². The molecule has 0 aliphatic rings. The molecule has 0 radical (unpaired) electrons. The molecule has 1 N–H and O–H groups in total. The van der Waals surface area contributed by atoms with Gasteiger partial charge in [-0.05, 0) is 93.6 Å². The lowest BCUT2D eigenvalue weighted by molar-refractivity contribution is -0.113. The second-order valence-corrected chi connectivity index (χ2v) is 10.6. The summed E-state index contributed by atoms with van der Waals surface area (Å²) in [5.41, 5.74) is 6.85. The number of amides is 1. The first kappa shape index (κ1) is 23.3. The number of thioether (sulfide) groups is 1. The van der Waals surface area contributed by atoms with Crippen molar-refractivity contribution in [1.82, 2.24) is 9.55 Å². The molecule has 5 nitrogen and oxygen atoms in total. The number of aromatic nitrogens is 2. The summed E-state index contributed by atoms with van der Waals surface area (Å²) < 4.78 is 1.64. The molecule has 1 amide bonds. The molecule has 0 aliphatic carbocycles. The summed E-state index contributed by atoms with van der Waals surface area (Å²) in [7, 11) is 0. The lowest BCUT2D eigenvalue weighted by atomic mass is 10.1. The van der Waals surface area contributed by atoms with Crippen LogP contribution in [-0.4, -0.2) is 21.2 Å². The number of hydrogen-bond acceptors (Lipinski definition) is 5. The number of hydrogen-bond donors (Lipinski definition) is 1. The molecule has 2 heterocycles. The van der Waals surface area contributed by atoms with Gasteiger partial charge in [0, 0.05) is 10.6 Å². The minimum atomic E-state index is -0.135. The summed E-state index contributed by atoms with van der Waals surface area (Å²) in [5, 5.41) is 4.14. The maximum atomic E-state index is 13.6. The monoisotopic (exact) mass is 477 g/mol. The highest BCUT2D eigenvalue weighted by atomic mass is 32.2. The molecule has 0 spiro atoms. The van der Waals surface area contributed by atoms with Crippen LogP contribution in [0, 0.1) is 41.5 Å². The van der Waals surface area contributed by atoms with E-state index in [1.54, 1.807) is 4.57 Å². The molecule has 2 aromatic carbocycles. The first-order valence-corrected chi connectivity index (χ1v) is 12.6. The molecule has 7 heteroatoms. The Hall–Kier alpha value is -2.90. The quantitative estimate of drug-likeness (QED) is 0.282. The number of anilines is 1. The molecular weight excluding hydrogens is 450 g/mol. The first-order chi connectivity index (χ1) is 15.6. The predicted octanol–water partition coefficient (Wildman–Crippen LogP) is 6.03. The molecule has 0 fully saturated rings. The van der Waals surface area contributed by atoms with Crippen LogP contribution in [-0.2, 0) is 4.79 Å². The summed E-state index contributed by atoms with van der Waals surface area (Å²) in [5.74, 6) is 0.0172. The largest absolute Gasteiger partial charge is 0.325 e. The fourth-order valence-corrected chi connectivity index (χ4v) is 5.72. The Balaban J connectivity index is 1.72. The van der Waals surface area contributed by atoms with Crippen molar-refractivity contribution in [2.45, 2.75) is 46.7 Å². The van der Waals surface area contributed by atoms with Crippen LogP contribution >= 0.6 is 23.1 Å². The molecule has 0 aliphatic heterocycles. The Morgan fingerprint density at radius 1 is 1.00 bits per heavy atom. The van der Waals surface area contributed by atoms with Gasteiger partial charge in [0.05, 0.1) is 16.8 Å². The van der Waals surface area contributed by atoms with Gasteiger partial charge in [0.25, 0.3) is 5.56 Å². The Bertz CT molecular complexity index is 1430. The summed E-state index contributed by atoms with van der Waals surface area (Å²) in [4.78, 5) is 32.9. The van der Waals surface area contributed by atoms with Crippen LogP contribution in [0.4, 0.5) is 5.69 Å². The fourth-order valence-electron chi connectivity index (χ4n) is 3.84. The Morgan fingerprint density at radius 3 is 2.36 bits per heavy atom. The lowest BCUT2D eigenvalue weighted by Crippen LogP contribution is -2.23. The van der Waals surface area contributed by atoms with Crippen molar-refractivity contribution in [3.05, 3.63) is 79.4 Å². The zero-order valence-electron chi connectivity index (χ0n) is 19.7. The van der Waals surface area contributed by atoms with Crippen LogP contribution < -0.4 is 10.9 Å². The fraction of sp³-hybridized carbons (Fsp3) is 0.269. The topological polar surface area (TPSA) is 64.0 Å². The normalized spacial score (nSPS) is 11.2. The van der Waals surface area contributed by atoms with Crippen LogP contribution in [0.1, 0.15) is 32.7 Å². The Morgan fingerprint density at radius 2 is 1.70 bits per heavy atom. The minimum absolute atomic E-state index is 0.0951. The number of nitrogens with one attached hydrogen (secondary N) is 1. The van der Waals surface area contributed by atoms with E-state index in [-0.39, 0.29) is 17.2 Å². The van der Waals surface area contributed by atoms with Gasteiger partial charge >= 0.3 is 0 Å². The van der Waals surface area contributed by atoms with Gasteiger partial charge < -0.3 is 5.32 Å². The van der Waals surface area contributed by atoms with E-state index in [4.69, 9.17) is 4.98 Å². The summed E-state index contributed by atoms with van der Waals surface area (Å²) in [6, 6.07) is 11.9. The van der Waals surface area contributed by atoms with Crippen molar-refractivity contribution in [2.24, 2.45) is 0 Å². The second-order valence-electron chi connectivity index (χ2n) is 8.48. The predicted molar refractivity (Wildman–Crippen MR) is 139 cm³/mol. The van der Waals surface area contributed by atoms with Gasteiger partial charge in [0.1, 0.15) is 4.83 Å². The average molecular weight is 478 g/mol. The molecule has 2 aromatic heterocycles. The molecule has 4 rings (SSSR count). The minimum Gasteiger partial charge on any atom is -0.325 e. The molecule has 0 atom stereocenters. The van der Waals surface area contributed by atoms with E-state index in [1.165, 1.54) is 23.1 Å². The Labute approximate surface area is 201 Å². The van der Waals surface area contributed by atoms with Gasteiger partial charge in [0.15, 0.2) is 5.16 Å². The van der Waals surface area contributed by atoms with Crippen molar-refractivity contribution in [1.29, 1.82) is 0 Å². The van der Waals surface area contributed by atoms with E-state index in [0.717, 1.165) is 44.1 Å². The third-order valence-electron chi connectivity index (χ3n) is 5.76. The molecular formula is C26H27N3O2S2. The summed E-state index contributed by atoms with van der Waals surface area (Å²) >= 11 is 2.80. The third kappa shape index (κ3) is 4.75. The third-order valence-corrected chi connectivity index (χ3v) is 7.80. The number of rotatable bonds is 5. The van der Waals surface area contributed by atoms with E-state index in [0.29, 0.717) is 15.4 Å². The summed E-state index contributed by atoms with van der Waals surface area (Å²) in [6.45, 7) is 12.0. The number of carbonyl (C=O) groups excluding carboxylic acids is 1. The van der Waals surface area contributed by atoms with Gasteiger partial charge in [0.2, 0.25) is 5.91 Å². The van der Waals surface area contributed by atoms with Crippen molar-refractivity contribution in [3.8, 4) is 5.69 Å². The highest BCUT2D eigenvalue weighted by Crippen LogP contribution is 2.30. The lowest BCUT2D eigenvalue weighted by Gasteiger charge is -2.14. The summed E-state index contributed by atoms with van der Waals surface area (Å²) in [6.07, 6.45) is 0. The second kappa shape index (κ2) is 9.15. The van der Waals surface area contributed by atoms with Crippen LogP contribution in [0.3, 0.4) is 0 Å². The van der Waals surface area contributed by atoms with Gasteiger partial charge in [-0.2, -0.15) is 0 Å². The number of fused-ring (bicyclic) bond motifs is 1. The number of aryl methyl sites for hydroxylation is 6. The molecule has 0 unspecified atom stereocenters. The molecule has 0 saturated heterocycles. The smallest absolute Gasteiger partial charge is 0.267 e. The SMILES string of the molecule is Cc1cc(C)cc(NC(=O)CSc2nc3sc(C)c(C)c3c(=O)n2-c2ccc(C)c(C)c2)c1. The van der Waals surface area contributed by atoms with Crippen LogP contribution in [0.2, 0.25) is 0 Å². The van der Waals surface area contributed by atoms with Crippen molar-refractivity contribution >= 4 is 44.9 Å². The highest BCUT2D eigenvalue weighted by Gasteiger charge is 2.19. The molecule has 0 saturated carbocycles. The number of benzene rings is 2. The number of carbonyl (C=O) groups is 1. The van der Waals surface area contributed by atoms with E-state index in [2.05, 4.69) is 11.4 Å². The van der Waals surface area contributed by atoms with Crippen molar-refractivity contribution < 1.29 is 4.79 Å². The van der Waals surface area contributed by atoms with E-state index in [1.807, 2.05) is 71.9 Å². The molecule has 0 bridgehead atoms. The van der Waals surface area contributed by atoms with Crippen molar-refractivity contribution in [2.75, 3.05) is 11.1 Å². The van der Waals surface area contributed by atoms with Crippen LogP contribution in [0.25, 0.3) is 15.9 Å². The standard InChI is InChI=1S/C26H27N3O2S2/c1-14-9-15(2)11-20(10-14)27-22(30)13-32-26-28-24-23(18(5)19(6)33-24)25(31)29(26)21-8-7-16(3)17(4)12-21/h7-12H,13H2,1-6H3,(H,27,30). The van der Waals surface area contributed by atoms with Gasteiger partial charge in [-0.25, -0.2) is 4.98 Å². The van der Waals surface area contributed by atoms with Crippen LogP contribution in [0.5, 0.6) is 0 Å². The Kier molecular flexibility index (Phi) is 6.45. The van der Waals surface area contributed by atoms with Crippen molar-refractivity contribution in [3.63, 3.8) is 0 Å². The highest BCUT2D eigenvalue weighted by molar-refractivity contribution is 7.99. The van der Waals surface area contributed by atoms with E-state index >= 15 is 0 Å². The van der Waals surface area contributed by atoms with E-state index in [9.17, 15) is 9.59 Å².